The number of sulfonamides is 2. The van der Waals surface area contributed by atoms with Crippen LogP contribution in [0.5, 0.6) is 0 Å². The first-order chi connectivity index (χ1) is 37.1. The molecule has 0 bridgehead atoms. The van der Waals surface area contributed by atoms with Crippen molar-refractivity contribution in [3.8, 4) is 0 Å². The van der Waals surface area contributed by atoms with Crippen LogP contribution in [0.25, 0.3) is 0 Å². The van der Waals surface area contributed by atoms with Crippen LogP contribution in [-0.4, -0.2) is 189 Å². The highest BCUT2D eigenvalue weighted by molar-refractivity contribution is 7.89. The third-order valence-corrected chi connectivity index (χ3v) is 17.2. The van der Waals surface area contributed by atoms with Gasteiger partial charge in [-0.2, -0.15) is 13.7 Å². The van der Waals surface area contributed by atoms with Crippen molar-refractivity contribution in [3.05, 3.63) is 131 Å². The standard InChI is InChI=1S/C30H34ClN7O7S.C19H25ClN6O4S/c31-24-10-11-28(34-19-24)35-14-16-36(17-15-35)46(42,43)21-25(8-4-9-27-32-12-5-13-33-27)37(22-39)45-30(41)38-26(20-44-29(38)40)18-23-6-2-1-3-7-23;20-16-5-6-19(23-13-16)24-9-11-25(12-10-24)31(29,30)14-17(26(28)15-27)3-1-4-18-21-7-2-8-22-18/h1-3,5-7,10-13,19,22,25-26H,4,8-9,14-18,20-21H2;2,5-8,13,15,17,28H,1,3-4,9-12,14H2/t25-,26-;17-/m00/s1. The summed E-state index contributed by atoms with van der Waals surface area (Å²) in [5, 5.41) is 12.1. The summed E-state index contributed by atoms with van der Waals surface area (Å²) in [6.07, 6.45) is 10.6. The molecule has 24 nitrogen and oxygen atoms in total. The first-order valence-electron chi connectivity index (χ1n) is 24.7. The number of nitrogens with zero attached hydrogens (tertiary/aromatic N) is 13. The lowest BCUT2D eigenvalue weighted by molar-refractivity contribution is -0.162. The van der Waals surface area contributed by atoms with Gasteiger partial charge in [0.05, 0.1) is 39.7 Å². The van der Waals surface area contributed by atoms with Gasteiger partial charge in [-0.3, -0.25) is 14.8 Å². The van der Waals surface area contributed by atoms with Crippen LogP contribution in [0.2, 0.25) is 10.0 Å². The topological polar surface area (TPSA) is 275 Å². The molecule has 0 saturated carbocycles. The number of ether oxygens (including phenoxy) is 1. The van der Waals surface area contributed by atoms with Crippen molar-refractivity contribution in [2.24, 2.45) is 0 Å². The van der Waals surface area contributed by atoms with Crippen LogP contribution in [0, 0.1) is 0 Å². The van der Waals surface area contributed by atoms with Gasteiger partial charge in [0.1, 0.15) is 29.9 Å². The highest BCUT2D eigenvalue weighted by atomic mass is 35.5. The van der Waals surface area contributed by atoms with E-state index < -0.39 is 56.1 Å². The zero-order valence-corrected chi connectivity index (χ0v) is 45.0. The Bertz CT molecular complexity index is 2900. The summed E-state index contributed by atoms with van der Waals surface area (Å²) >= 11 is 11.8. The normalized spacial score (nSPS) is 17.1. The molecular weight excluding hydrogens is 1080 g/mol. The molecule has 3 fully saturated rings. The Labute approximate surface area is 456 Å². The minimum absolute atomic E-state index is 0.0453. The number of imide groups is 1. The number of halogens is 2. The minimum Gasteiger partial charge on any atom is -0.447 e. The van der Waals surface area contributed by atoms with E-state index in [-0.39, 0.29) is 44.7 Å². The summed E-state index contributed by atoms with van der Waals surface area (Å²) in [5.74, 6) is 1.75. The Balaban J connectivity index is 0.000000242. The Kier molecular flexibility index (Phi) is 21.2. The highest BCUT2D eigenvalue weighted by Crippen LogP contribution is 2.24. The van der Waals surface area contributed by atoms with Crippen molar-refractivity contribution in [2.45, 2.75) is 63.1 Å². The van der Waals surface area contributed by atoms with E-state index in [0.717, 1.165) is 16.3 Å². The predicted octanol–water partition coefficient (Wildman–Crippen LogP) is 4.16. The lowest BCUT2D eigenvalue weighted by Crippen LogP contribution is -2.52. The Morgan fingerprint density at radius 1 is 0.675 bits per heavy atom. The van der Waals surface area contributed by atoms with Gasteiger partial charge < -0.3 is 19.4 Å². The fraction of sp³-hybridized carbons (Fsp3) is 0.429. The van der Waals surface area contributed by atoms with Crippen molar-refractivity contribution in [2.75, 3.05) is 80.3 Å². The van der Waals surface area contributed by atoms with Gasteiger partial charge in [0, 0.05) is 102 Å². The molecule has 7 heterocycles. The quantitative estimate of drug-likeness (QED) is 0.0546. The minimum atomic E-state index is -3.93. The number of carbonyl (C=O) groups is 4. The Morgan fingerprint density at radius 2 is 1.16 bits per heavy atom. The number of hydrogen-bond acceptors (Lipinski definition) is 19. The van der Waals surface area contributed by atoms with Gasteiger partial charge in [0.15, 0.2) is 0 Å². The van der Waals surface area contributed by atoms with E-state index in [1.165, 1.54) is 14.8 Å². The molecule has 3 aliphatic heterocycles. The molecule has 1 N–H and O–H groups in total. The van der Waals surface area contributed by atoms with Crippen molar-refractivity contribution < 1.29 is 50.8 Å². The molecule has 1 aromatic carbocycles. The maximum absolute atomic E-state index is 13.7. The number of pyridine rings is 2. The van der Waals surface area contributed by atoms with Crippen LogP contribution < -0.4 is 9.80 Å². The molecule has 0 radical (unpaired) electrons. The summed E-state index contributed by atoms with van der Waals surface area (Å²) < 4.78 is 61.1. The average Bonchev–Trinajstić information content (AvgIpc) is 3.82. The number of rotatable bonds is 23. The van der Waals surface area contributed by atoms with Crippen LogP contribution in [0.1, 0.15) is 42.9 Å². The molecule has 4 aromatic heterocycles. The van der Waals surface area contributed by atoms with Crippen LogP contribution in [0.15, 0.2) is 104 Å². The maximum atomic E-state index is 13.7. The van der Waals surface area contributed by atoms with Gasteiger partial charge in [-0.05, 0) is 74.1 Å². The fourth-order valence-corrected chi connectivity index (χ4v) is 12.5. The van der Waals surface area contributed by atoms with Gasteiger partial charge in [-0.25, -0.2) is 66.3 Å². The van der Waals surface area contributed by atoms with E-state index in [2.05, 4.69) is 29.9 Å². The zero-order chi connectivity index (χ0) is 54.8. The van der Waals surface area contributed by atoms with Gasteiger partial charge in [0.25, 0.3) is 0 Å². The van der Waals surface area contributed by atoms with Crippen molar-refractivity contribution >= 4 is 79.9 Å². The molecule has 0 aliphatic carbocycles. The van der Waals surface area contributed by atoms with E-state index in [9.17, 15) is 41.2 Å². The molecule has 412 valence electrons. The molecule has 28 heteroatoms. The van der Waals surface area contributed by atoms with E-state index in [1.807, 2.05) is 40.1 Å². The summed E-state index contributed by atoms with van der Waals surface area (Å²) in [6.45, 7) is 2.70. The number of piperazine rings is 2. The third-order valence-electron chi connectivity index (χ3n) is 12.9. The molecule has 5 aromatic rings. The number of amides is 4. The second kappa shape index (κ2) is 28.1. The summed E-state index contributed by atoms with van der Waals surface area (Å²) in [5.41, 5.74) is 0.870. The zero-order valence-electron chi connectivity index (χ0n) is 41.8. The maximum Gasteiger partial charge on any atom is 0.444 e. The smallest absolute Gasteiger partial charge is 0.444 e. The monoisotopic (exact) mass is 1140 g/mol. The first kappa shape index (κ1) is 58.0. The molecular formula is C49H59Cl2N13O11S2. The largest absolute Gasteiger partial charge is 0.447 e. The Morgan fingerprint density at radius 3 is 1.61 bits per heavy atom. The van der Waals surface area contributed by atoms with Crippen LogP contribution in [0.4, 0.5) is 21.2 Å². The number of aromatic nitrogens is 6. The fourth-order valence-electron chi connectivity index (χ4n) is 8.81. The summed E-state index contributed by atoms with van der Waals surface area (Å²) in [7, 11) is -7.60. The number of benzene rings is 1. The second-order valence-electron chi connectivity index (χ2n) is 18.0. The predicted molar refractivity (Wildman–Crippen MR) is 282 cm³/mol. The molecule has 3 atom stereocenters. The number of aryl methyl sites for hydroxylation is 2. The number of hydrogen-bond donors (Lipinski definition) is 1. The molecule has 3 saturated heterocycles. The second-order valence-corrected chi connectivity index (χ2v) is 22.9. The van der Waals surface area contributed by atoms with Crippen LogP contribution in [0.3, 0.4) is 0 Å². The Hall–Kier alpha value is -6.68. The SMILES string of the molecule is O=CN(O)[C@@H](CCCc1ncccn1)CS(=O)(=O)N1CCN(c2ccc(Cl)cn2)CC1.O=CN(OC(=O)N1C(=O)OC[C@@H]1Cc1ccccc1)[C@@H](CCCc1ncccn1)CS(=O)(=O)N1CCN(c2ccc(Cl)cn2)CC1. The number of hydroxylamine groups is 4. The molecule has 77 heavy (non-hydrogen) atoms. The van der Waals surface area contributed by atoms with Crippen molar-refractivity contribution in [1.82, 2.24) is 53.5 Å². The lowest BCUT2D eigenvalue weighted by atomic mass is 10.1. The molecule has 3 aliphatic rings. The van der Waals surface area contributed by atoms with Gasteiger partial charge in [-0.15, -0.1) is 0 Å². The van der Waals surface area contributed by atoms with E-state index >= 15 is 0 Å². The van der Waals surface area contributed by atoms with Crippen LogP contribution >= 0.6 is 23.2 Å². The first-order valence-corrected chi connectivity index (χ1v) is 28.7. The van der Waals surface area contributed by atoms with Gasteiger partial charge >= 0.3 is 12.2 Å². The van der Waals surface area contributed by atoms with Gasteiger partial charge in [-0.1, -0.05) is 53.5 Å². The highest BCUT2D eigenvalue weighted by Gasteiger charge is 2.42. The van der Waals surface area contributed by atoms with Gasteiger partial charge in [0.2, 0.25) is 32.9 Å². The number of carbonyl (C=O) groups excluding carboxylic acids is 4. The molecule has 4 amide bonds. The van der Waals surface area contributed by atoms with E-state index in [1.54, 1.807) is 67.4 Å². The lowest BCUT2D eigenvalue weighted by Gasteiger charge is -2.36. The number of cyclic esters (lactones) is 1. The number of anilines is 2. The summed E-state index contributed by atoms with van der Waals surface area (Å²) in [6, 6.07) is 17.1. The molecule has 0 spiro atoms. The van der Waals surface area contributed by atoms with Crippen LogP contribution in [-0.2, 0) is 58.5 Å². The summed E-state index contributed by atoms with van der Waals surface area (Å²) in [4.78, 5) is 84.6. The molecule has 8 rings (SSSR count). The van der Waals surface area contributed by atoms with E-state index in [4.69, 9.17) is 32.8 Å². The third kappa shape index (κ3) is 16.9. The average molecular weight is 1140 g/mol. The van der Waals surface area contributed by atoms with E-state index in [0.29, 0.717) is 115 Å². The van der Waals surface area contributed by atoms with Crippen molar-refractivity contribution in [1.29, 1.82) is 0 Å². The van der Waals surface area contributed by atoms with Crippen molar-refractivity contribution in [3.63, 3.8) is 0 Å². The molecule has 0 unspecified atom stereocenters.